The molecule has 0 aromatic heterocycles. The van der Waals surface area contributed by atoms with Gasteiger partial charge in [-0.2, -0.15) is 0 Å². The molecule has 0 bridgehead atoms. The molecule has 22 heavy (non-hydrogen) atoms. The molecule has 0 unspecified atom stereocenters. The summed E-state index contributed by atoms with van der Waals surface area (Å²) in [5, 5.41) is 0. The zero-order valence-electron chi connectivity index (χ0n) is 13.8. The average Bonchev–Trinajstić information content (AvgIpc) is 2.56. The Kier molecular flexibility index (Phi) is 5.84. The molecule has 0 aliphatic rings. The standard InChI is InChI=1S/C19H24O3/c1-14-5-9-16(10-6-14)17(20-2)11-7-15-8-12-18(21-3)19(13-15)22-4/h5-6,8-10,12-13,17H,7,11H2,1-4H3/t17-/m1/s1. The molecule has 2 rings (SSSR count). The second-order valence-corrected chi connectivity index (χ2v) is 5.36. The summed E-state index contributed by atoms with van der Waals surface area (Å²) in [6, 6.07) is 14.6. The number of hydrogen-bond donors (Lipinski definition) is 0. The largest absolute Gasteiger partial charge is 0.493 e. The predicted molar refractivity (Wildman–Crippen MR) is 88.8 cm³/mol. The first-order chi connectivity index (χ1) is 10.7. The molecule has 0 aliphatic heterocycles. The van der Waals surface area contributed by atoms with Gasteiger partial charge in [-0.3, -0.25) is 0 Å². The average molecular weight is 300 g/mol. The Labute approximate surface area is 132 Å². The first kappa shape index (κ1) is 16.4. The van der Waals surface area contributed by atoms with Crippen LogP contribution in [0.4, 0.5) is 0 Å². The Balaban J connectivity index is 2.05. The van der Waals surface area contributed by atoms with E-state index < -0.39 is 0 Å². The molecule has 118 valence electrons. The molecule has 3 heteroatoms. The van der Waals surface area contributed by atoms with E-state index in [0.717, 1.165) is 24.3 Å². The predicted octanol–water partition coefficient (Wildman–Crippen LogP) is 4.33. The molecule has 0 saturated carbocycles. The SMILES string of the molecule is COc1ccc(CC[C@@H](OC)c2ccc(C)cc2)cc1OC. The van der Waals surface area contributed by atoms with Gasteiger partial charge >= 0.3 is 0 Å². The zero-order valence-corrected chi connectivity index (χ0v) is 13.8. The van der Waals surface area contributed by atoms with Gasteiger partial charge in [0.25, 0.3) is 0 Å². The summed E-state index contributed by atoms with van der Waals surface area (Å²) in [6.45, 7) is 2.09. The second kappa shape index (κ2) is 7.85. The molecule has 0 aliphatic carbocycles. The highest BCUT2D eigenvalue weighted by Crippen LogP contribution is 2.29. The molecule has 0 radical (unpaired) electrons. The van der Waals surface area contributed by atoms with Crippen molar-refractivity contribution < 1.29 is 14.2 Å². The quantitative estimate of drug-likeness (QED) is 0.761. The fourth-order valence-corrected chi connectivity index (χ4v) is 2.54. The summed E-state index contributed by atoms with van der Waals surface area (Å²) in [5.74, 6) is 1.53. The van der Waals surface area contributed by atoms with Crippen molar-refractivity contribution in [1.29, 1.82) is 0 Å². The topological polar surface area (TPSA) is 27.7 Å². The van der Waals surface area contributed by atoms with Gasteiger partial charge in [-0.05, 0) is 43.0 Å². The lowest BCUT2D eigenvalue weighted by atomic mass is 10.00. The minimum absolute atomic E-state index is 0.105. The highest BCUT2D eigenvalue weighted by atomic mass is 16.5. The molecule has 0 amide bonds. The van der Waals surface area contributed by atoms with Gasteiger partial charge in [-0.25, -0.2) is 0 Å². The van der Waals surface area contributed by atoms with Crippen LogP contribution in [0.2, 0.25) is 0 Å². The van der Waals surface area contributed by atoms with E-state index in [9.17, 15) is 0 Å². The third kappa shape index (κ3) is 4.01. The Morgan fingerprint density at radius 3 is 2.14 bits per heavy atom. The molecule has 3 nitrogen and oxygen atoms in total. The summed E-state index contributed by atoms with van der Waals surface area (Å²) in [4.78, 5) is 0. The fourth-order valence-electron chi connectivity index (χ4n) is 2.54. The van der Waals surface area contributed by atoms with E-state index in [4.69, 9.17) is 14.2 Å². The van der Waals surface area contributed by atoms with Gasteiger partial charge in [-0.1, -0.05) is 35.9 Å². The highest BCUT2D eigenvalue weighted by molar-refractivity contribution is 5.43. The van der Waals surface area contributed by atoms with Gasteiger partial charge in [0.15, 0.2) is 11.5 Å². The Morgan fingerprint density at radius 1 is 0.864 bits per heavy atom. The van der Waals surface area contributed by atoms with Crippen molar-refractivity contribution in [2.24, 2.45) is 0 Å². The molecule has 1 atom stereocenters. The van der Waals surface area contributed by atoms with E-state index in [1.807, 2.05) is 12.1 Å². The van der Waals surface area contributed by atoms with Crippen LogP contribution < -0.4 is 9.47 Å². The molecule has 2 aromatic carbocycles. The van der Waals surface area contributed by atoms with E-state index in [1.165, 1.54) is 16.7 Å². The lowest BCUT2D eigenvalue weighted by Crippen LogP contribution is -2.03. The van der Waals surface area contributed by atoms with Crippen LogP contribution in [0.5, 0.6) is 11.5 Å². The van der Waals surface area contributed by atoms with Crippen LogP contribution in [0, 0.1) is 6.92 Å². The Bertz CT molecular complexity index is 590. The van der Waals surface area contributed by atoms with Crippen molar-refractivity contribution in [2.45, 2.75) is 25.9 Å². The second-order valence-electron chi connectivity index (χ2n) is 5.36. The summed E-state index contributed by atoms with van der Waals surface area (Å²) < 4.78 is 16.3. The molecule has 0 fully saturated rings. The number of hydrogen-bond acceptors (Lipinski definition) is 3. The molecule has 0 saturated heterocycles. The summed E-state index contributed by atoms with van der Waals surface area (Å²) in [5.41, 5.74) is 3.69. The lowest BCUT2D eigenvalue weighted by molar-refractivity contribution is 0.0959. The first-order valence-electron chi connectivity index (χ1n) is 7.48. The van der Waals surface area contributed by atoms with Crippen molar-refractivity contribution in [3.05, 3.63) is 59.2 Å². The number of rotatable bonds is 7. The first-order valence-corrected chi connectivity index (χ1v) is 7.48. The number of methoxy groups -OCH3 is 3. The van der Waals surface area contributed by atoms with E-state index in [-0.39, 0.29) is 6.10 Å². The van der Waals surface area contributed by atoms with Gasteiger partial charge in [0.2, 0.25) is 0 Å². The van der Waals surface area contributed by atoms with Crippen LogP contribution in [0.25, 0.3) is 0 Å². The molecular formula is C19H24O3. The summed E-state index contributed by atoms with van der Waals surface area (Å²) in [6.07, 6.45) is 1.95. The van der Waals surface area contributed by atoms with E-state index in [1.54, 1.807) is 21.3 Å². The zero-order chi connectivity index (χ0) is 15.9. The lowest BCUT2D eigenvalue weighted by Gasteiger charge is -2.16. The fraction of sp³-hybridized carbons (Fsp3) is 0.368. The van der Waals surface area contributed by atoms with Crippen LogP contribution in [-0.4, -0.2) is 21.3 Å². The molecule has 0 heterocycles. The van der Waals surface area contributed by atoms with Crippen LogP contribution in [0.1, 0.15) is 29.2 Å². The third-order valence-electron chi connectivity index (χ3n) is 3.88. The minimum Gasteiger partial charge on any atom is -0.493 e. The molecule has 0 N–H and O–H groups in total. The van der Waals surface area contributed by atoms with Crippen LogP contribution in [0.3, 0.4) is 0 Å². The van der Waals surface area contributed by atoms with Gasteiger partial charge in [0, 0.05) is 7.11 Å². The third-order valence-corrected chi connectivity index (χ3v) is 3.88. The minimum atomic E-state index is 0.105. The number of ether oxygens (including phenoxy) is 3. The molecule has 2 aromatic rings. The highest BCUT2D eigenvalue weighted by Gasteiger charge is 2.11. The molecule has 0 spiro atoms. The Hall–Kier alpha value is -2.00. The maximum absolute atomic E-state index is 5.64. The monoisotopic (exact) mass is 300 g/mol. The summed E-state index contributed by atoms with van der Waals surface area (Å²) >= 11 is 0. The normalized spacial score (nSPS) is 12.0. The van der Waals surface area contributed by atoms with E-state index >= 15 is 0 Å². The van der Waals surface area contributed by atoms with E-state index in [2.05, 4.69) is 37.3 Å². The van der Waals surface area contributed by atoms with Gasteiger partial charge in [0.05, 0.1) is 20.3 Å². The van der Waals surface area contributed by atoms with Gasteiger partial charge < -0.3 is 14.2 Å². The maximum atomic E-state index is 5.64. The number of aryl methyl sites for hydroxylation is 2. The summed E-state index contributed by atoms with van der Waals surface area (Å²) in [7, 11) is 5.07. The van der Waals surface area contributed by atoms with Crippen molar-refractivity contribution >= 4 is 0 Å². The Morgan fingerprint density at radius 2 is 1.55 bits per heavy atom. The van der Waals surface area contributed by atoms with Crippen LogP contribution >= 0.6 is 0 Å². The van der Waals surface area contributed by atoms with Crippen molar-refractivity contribution in [1.82, 2.24) is 0 Å². The van der Waals surface area contributed by atoms with Crippen molar-refractivity contribution in [2.75, 3.05) is 21.3 Å². The van der Waals surface area contributed by atoms with Crippen molar-refractivity contribution in [3.8, 4) is 11.5 Å². The maximum Gasteiger partial charge on any atom is 0.160 e. The van der Waals surface area contributed by atoms with Crippen LogP contribution in [0.15, 0.2) is 42.5 Å². The van der Waals surface area contributed by atoms with E-state index in [0.29, 0.717) is 0 Å². The van der Waals surface area contributed by atoms with Crippen LogP contribution in [-0.2, 0) is 11.2 Å². The van der Waals surface area contributed by atoms with Gasteiger partial charge in [-0.15, -0.1) is 0 Å². The number of benzene rings is 2. The van der Waals surface area contributed by atoms with Crippen molar-refractivity contribution in [3.63, 3.8) is 0 Å². The van der Waals surface area contributed by atoms with Gasteiger partial charge in [0.1, 0.15) is 0 Å². The smallest absolute Gasteiger partial charge is 0.160 e. The molecular weight excluding hydrogens is 276 g/mol.